The van der Waals surface area contributed by atoms with Gasteiger partial charge in [0.25, 0.3) is 0 Å². The van der Waals surface area contributed by atoms with Crippen molar-refractivity contribution >= 4 is 11.0 Å². The Kier molecular flexibility index (Phi) is 4.41. The Morgan fingerprint density at radius 2 is 1.57 bits per heavy atom. The van der Waals surface area contributed by atoms with E-state index in [1.54, 1.807) is 12.3 Å². The summed E-state index contributed by atoms with van der Waals surface area (Å²) in [5.41, 5.74) is -0.405. The van der Waals surface area contributed by atoms with E-state index in [-0.39, 0.29) is 17.2 Å². The highest BCUT2D eigenvalue weighted by atomic mass is 19.4. The summed E-state index contributed by atoms with van der Waals surface area (Å²) in [6.07, 6.45) is -5.12. The lowest BCUT2D eigenvalue weighted by Crippen LogP contribution is -2.11. The molecule has 1 N–H and O–H groups in total. The van der Waals surface area contributed by atoms with Gasteiger partial charge < -0.3 is 4.98 Å². The molecule has 3 heterocycles. The highest BCUT2D eigenvalue weighted by Crippen LogP contribution is 2.39. The Morgan fingerprint density at radius 3 is 2.17 bits per heavy atom. The normalized spacial score (nSPS) is 12.7. The molecule has 0 saturated carbocycles. The number of nitrogens with zero attached hydrogens (tertiary/aromatic N) is 3. The number of fused-ring (bicyclic) bond motifs is 1. The molecule has 0 fully saturated rings. The molecule has 4 rings (SSSR count). The molecular weight excluding hydrogens is 410 g/mol. The molecule has 1 aromatic carbocycles. The van der Waals surface area contributed by atoms with Crippen molar-refractivity contribution in [2.75, 3.05) is 0 Å². The molecule has 10 heteroatoms. The minimum absolute atomic E-state index is 0.110. The number of hydrogen-bond acceptors (Lipinski definition) is 2. The predicted molar refractivity (Wildman–Crippen MR) is 98.1 cm³/mol. The van der Waals surface area contributed by atoms with Gasteiger partial charge in [0.05, 0.1) is 22.5 Å². The molecule has 0 bridgehead atoms. The second kappa shape index (κ2) is 6.61. The van der Waals surface area contributed by atoms with Crippen LogP contribution in [0.3, 0.4) is 0 Å². The monoisotopic (exact) mass is 424 g/mol. The first kappa shape index (κ1) is 20.0. The van der Waals surface area contributed by atoms with Crippen molar-refractivity contribution in [2.45, 2.75) is 26.2 Å². The smallest absolute Gasteiger partial charge is 0.346 e. The number of alkyl halides is 6. The summed E-state index contributed by atoms with van der Waals surface area (Å²) in [6, 6.07) is 3.19. The summed E-state index contributed by atoms with van der Waals surface area (Å²) in [5, 5.41) is 5.08. The molecule has 3 aromatic heterocycles. The molecular formula is C20H14F6N4. The van der Waals surface area contributed by atoms with Crippen molar-refractivity contribution < 1.29 is 26.3 Å². The first-order valence-electron chi connectivity index (χ1n) is 8.74. The lowest BCUT2D eigenvalue weighted by atomic mass is 9.99. The fourth-order valence-electron chi connectivity index (χ4n) is 3.37. The van der Waals surface area contributed by atoms with E-state index in [9.17, 15) is 26.3 Å². The summed E-state index contributed by atoms with van der Waals surface area (Å²) in [7, 11) is 0. The maximum Gasteiger partial charge on any atom is 0.416 e. The second-order valence-corrected chi connectivity index (χ2v) is 6.89. The summed E-state index contributed by atoms with van der Waals surface area (Å²) in [5.74, 6) is 0. The van der Waals surface area contributed by atoms with Crippen molar-refractivity contribution in [2.24, 2.45) is 0 Å². The number of benzene rings is 1. The van der Waals surface area contributed by atoms with Gasteiger partial charge in [0.1, 0.15) is 5.65 Å². The molecule has 156 valence electrons. The number of hydrogen-bond donors (Lipinski definition) is 1. The molecule has 0 saturated heterocycles. The summed E-state index contributed by atoms with van der Waals surface area (Å²) in [6.45, 7) is 3.38. The second-order valence-electron chi connectivity index (χ2n) is 6.89. The van der Waals surface area contributed by atoms with Crippen LogP contribution < -0.4 is 0 Å². The van der Waals surface area contributed by atoms with Gasteiger partial charge in [0.2, 0.25) is 0 Å². The fraction of sp³-hybridized carbons (Fsp3) is 0.200. The van der Waals surface area contributed by atoms with Crippen LogP contribution >= 0.6 is 0 Å². The van der Waals surface area contributed by atoms with Gasteiger partial charge in [-0.3, -0.25) is 0 Å². The summed E-state index contributed by atoms with van der Waals surface area (Å²) < 4.78 is 80.7. The van der Waals surface area contributed by atoms with Gasteiger partial charge in [-0.2, -0.15) is 31.4 Å². The molecule has 0 aliphatic rings. The molecule has 0 radical (unpaired) electrons. The third-order valence-electron chi connectivity index (χ3n) is 4.79. The van der Waals surface area contributed by atoms with Crippen molar-refractivity contribution in [3.05, 3.63) is 65.2 Å². The van der Waals surface area contributed by atoms with Gasteiger partial charge in [-0.05, 0) is 49.2 Å². The number of nitrogens with one attached hydrogen (secondary N) is 1. The number of aromatic amines is 1. The topological polar surface area (TPSA) is 46.5 Å². The van der Waals surface area contributed by atoms with Crippen LogP contribution in [0.5, 0.6) is 0 Å². The third kappa shape index (κ3) is 3.42. The van der Waals surface area contributed by atoms with E-state index in [4.69, 9.17) is 0 Å². The van der Waals surface area contributed by atoms with Crippen LogP contribution in [0.25, 0.3) is 27.8 Å². The number of rotatable bonds is 2. The number of aryl methyl sites for hydroxylation is 2. The first-order chi connectivity index (χ1) is 13.9. The number of halogens is 6. The van der Waals surface area contributed by atoms with Gasteiger partial charge >= 0.3 is 12.4 Å². The SMILES string of the molecule is Cc1nn(-c2ccnc3[nH]cc(C)c23)cc1-c1cc(C(F)(F)F)cc(C(F)(F)F)c1. The van der Waals surface area contributed by atoms with Crippen molar-refractivity contribution in [3.8, 4) is 16.8 Å². The van der Waals surface area contributed by atoms with E-state index < -0.39 is 23.5 Å². The molecule has 4 nitrogen and oxygen atoms in total. The van der Waals surface area contributed by atoms with Crippen LogP contribution in [0.2, 0.25) is 0 Å². The molecule has 0 aliphatic carbocycles. The van der Waals surface area contributed by atoms with E-state index in [1.807, 2.05) is 6.92 Å². The highest BCUT2D eigenvalue weighted by molar-refractivity contribution is 5.88. The average Bonchev–Trinajstić information content (AvgIpc) is 3.23. The molecule has 0 spiro atoms. The van der Waals surface area contributed by atoms with E-state index in [0.29, 0.717) is 29.2 Å². The molecule has 0 atom stereocenters. The van der Waals surface area contributed by atoms with Crippen molar-refractivity contribution in [3.63, 3.8) is 0 Å². The molecule has 0 aliphatic heterocycles. The zero-order valence-corrected chi connectivity index (χ0v) is 15.7. The Bertz CT molecular complexity index is 1210. The molecule has 0 unspecified atom stereocenters. The largest absolute Gasteiger partial charge is 0.416 e. The third-order valence-corrected chi connectivity index (χ3v) is 4.79. The Morgan fingerprint density at radius 1 is 0.933 bits per heavy atom. The average molecular weight is 424 g/mol. The minimum Gasteiger partial charge on any atom is -0.346 e. The number of H-pyrrole nitrogens is 1. The van der Waals surface area contributed by atoms with Gasteiger partial charge in [0.15, 0.2) is 0 Å². The molecule has 30 heavy (non-hydrogen) atoms. The Balaban J connectivity index is 1.91. The lowest BCUT2D eigenvalue weighted by Gasteiger charge is -2.14. The maximum atomic E-state index is 13.2. The maximum absolute atomic E-state index is 13.2. The van der Waals surface area contributed by atoms with Gasteiger partial charge in [0, 0.05) is 29.5 Å². The van der Waals surface area contributed by atoms with Gasteiger partial charge in [-0.25, -0.2) is 9.67 Å². The number of pyridine rings is 1. The Hall–Kier alpha value is -3.30. The highest BCUT2D eigenvalue weighted by Gasteiger charge is 2.37. The standard InChI is InChI=1S/C20H14F6N4/c1-10-8-28-18-17(10)16(3-4-27-18)30-9-15(11(2)29-30)12-5-13(19(21,22)23)7-14(6-12)20(24,25)26/h3-9H,1-2H3,(H,27,28). The van der Waals surface area contributed by atoms with E-state index in [2.05, 4.69) is 15.1 Å². The van der Waals surface area contributed by atoms with Gasteiger partial charge in [-0.1, -0.05) is 0 Å². The van der Waals surface area contributed by atoms with E-state index in [1.165, 1.54) is 24.0 Å². The molecule has 0 amide bonds. The molecule has 4 aromatic rings. The van der Waals surface area contributed by atoms with Crippen LogP contribution in [0.4, 0.5) is 26.3 Å². The predicted octanol–water partition coefficient (Wildman–Crippen LogP) is 6.07. The van der Waals surface area contributed by atoms with Crippen LogP contribution in [0.15, 0.2) is 42.9 Å². The number of aromatic nitrogens is 4. The zero-order chi connectivity index (χ0) is 21.8. The quantitative estimate of drug-likeness (QED) is 0.397. The van der Waals surface area contributed by atoms with E-state index >= 15 is 0 Å². The summed E-state index contributed by atoms with van der Waals surface area (Å²) in [4.78, 5) is 7.20. The summed E-state index contributed by atoms with van der Waals surface area (Å²) >= 11 is 0. The van der Waals surface area contributed by atoms with Crippen molar-refractivity contribution in [1.82, 2.24) is 19.7 Å². The first-order valence-corrected chi connectivity index (χ1v) is 8.74. The zero-order valence-electron chi connectivity index (χ0n) is 15.7. The fourth-order valence-corrected chi connectivity index (χ4v) is 3.37. The van der Waals surface area contributed by atoms with Crippen LogP contribution in [0, 0.1) is 13.8 Å². The van der Waals surface area contributed by atoms with Crippen LogP contribution in [-0.2, 0) is 12.4 Å². The van der Waals surface area contributed by atoms with Crippen LogP contribution in [-0.4, -0.2) is 19.7 Å². The Labute approximate surface area is 166 Å². The van der Waals surface area contributed by atoms with Crippen LogP contribution in [0.1, 0.15) is 22.4 Å². The lowest BCUT2D eigenvalue weighted by molar-refractivity contribution is -0.143. The van der Waals surface area contributed by atoms with Gasteiger partial charge in [-0.15, -0.1) is 0 Å². The van der Waals surface area contributed by atoms with Crippen molar-refractivity contribution in [1.29, 1.82) is 0 Å². The minimum atomic E-state index is -4.92. The van der Waals surface area contributed by atoms with E-state index in [0.717, 1.165) is 10.9 Å².